The minimum Gasteiger partial charge on any atom is -0.507 e. The van der Waals surface area contributed by atoms with Crippen molar-refractivity contribution in [3.05, 3.63) is 100 Å². The van der Waals surface area contributed by atoms with Crippen molar-refractivity contribution in [2.45, 2.75) is 6.04 Å². The number of amides is 1. The van der Waals surface area contributed by atoms with E-state index in [1.165, 1.54) is 24.4 Å². The molecule has 1 amide bonds. The van der Waals surface area contributed by atoms with Crippen molar-refractivity contribution in [1.82, 2.24) is 4.98 Å². The number of carbonyl (C=O) groups excluding carboxylic acids is 2. The van der Waals surface area contributed by atoms with Crippen LogP contribution in [0.5, 0.6) is 0 Å². The number of nitrogens with zero attached hydrogens (tertiary/aromatic N) is 2. The molecule has 1 saturated heterocycles. The van der Waals surface area contributed by atoms with Gasteiger partial charge in [0, 0.05) is 22.8 Å². The number of aliphatic hydroxyl groups excluding tert-OH is 1. The van der Waals surface area contributed by atoms with Crippen LogP contribution < -0.4 is 4.90 Å². The Balaban J connectivity index is 1.99. The zero-order chi connectivity index (χ0) is 21.4. The van der Waals surface area contributed by atoms with Crippen molar-refractivity contribution >= 4 is 34.7 Å². The summed E-state index contributed by atoms with van der Waals surface area (Å²) in [5, 5.41) is 11.2. The Morgan fingerprint density at radius 3 is 2.53 bits per heavy atom. The first-order chi connectivity index (χ1) is 14.4. The first-order valence-corrected chi connectivity index (χ1v) is 9.19. The van der Waals surface area contributed by atoms with Gasteiger partial charge in [0.1, 0.15) is 23.4 Å². The van der Waals surface area contributed by atoms with Gasteiger partial charge in [-0.1, -0.05) is 29.8 Å². The molecule has 1 N–H and O–H groups in total. The molecule has 30 heavy (non-hydrogen) atoms. The smallest absolute Gasteiger partial charge is 0.300 e. The third-order valence-electron chi connectivity index (χ3n) is 4.68. The number of anilines is 1. The number of halogens is 3. The molecule has 1 aliphatic rings. The summed E-state index contributed by atoms with van der Waals surface area (Å²) >= 11 is 5.98. The zero-order valence-electron chi connectivity index (χ0n) is 15.2. The summed E-state index contributed by atoms with van der Waals surface area (Å²) in [7, 11) is 0. The first kappa shape index (κ1) is 19.7. The van der Waals surface area contributed by atoms with Crippen molar-refractivity contribution in [1.29, 1.82) is 0 Å². The maximum Gasteiger partial charge on any atom is 0.300 e. The van der Waals surface area contributed by atoms with Gasteiger partial charge in [-0.15, -0.1) is 0 Å². The predicted octanol–water partition coefficient (Wildman–Crippen LogP) is 4.64. The van der Waals surface area contributed by atoms with Crippen molar-refractivity contribution < 1.29 is 23.5 Å². The molecule has 0 bridgehead atoms. The Kier molecular flexibility index (Phi) is 5.05. The second-order valence-electron chi connectivity index (χ2n) is 6.53. The SMILES string of the molecule is O=C1C(=O)N(c2cc(F)ccc2F)C(c2ccccn2)/C1=C(\O)c1cccc(Cl)c1. The number of benzene rings is 2. The number of rotatable bonds is 3. The van der Waals surface area contributed by atoms with Crippen molar-refractivity contribution in [3.8, 4) is 0 Å². The van der Waals surface area contributed by atoms with Gasteiger partial charge in [-0.05, 0) is 36.4 Å². The molecule has 2 aromatic carbocycles. The normalized spacial score (nSPS) is 18.1. The number of aromatic nitrogens is 1. The fraction of sp³-hybridized carbons (Fsp3) is 0.0455. The number of carbonyl (C=O) groups is 2. The van der Waals surface area contributed by atoms with E-state index < -0.39 is 40.8 Å². The fourth-order valence-electron chi connectivity index (χ4n) is 3.36. The van der Waals surface area contributed by atoms with E-state index in [0.717, 1.165) is 23.1 Å². The molecule has 0 spiro atoms. The van der Waals surface area contributed by atoms with Crippen LogP contribution in [-0.2, 0) is 9.59 Å². The van der Waals surface area contributed by atoms with Gasteiger partial charge in [0.05, 0.1) is 17.0 Å². The van der Waals surface area contributed by atoms with Crippen LogP contribution in [0.1, 0.15) is 17.3 Å². The Morgan fingerprint density at radius 2 is 1.83 bits per heavy atom. The van der Waals surface area contributed by atoms with Crippen LogP contribution in [0.3, 0.4) is 0 Å². The zero-order valence-corrected chi connectivity index (χ0v) is 16.0. The second-order valence-corrected chi connectivity index (χ2v) is 6.97. The quantitative estimate of drug-likeness (QED) is 0.376. The molecule has 0 radical (unpaired) electrons. The Labute approximate surface area is 174 Å². The number of Topliss-reactive ketones (excluding diaryl/α,β-unsaturated/α-hetero) is 1. The van der Waals surface area contributed by atoms with E-state index in [9.17, 15) is 23.5 Å². The third-order valence-corrected chi connectivity index (χ3v) is 4.91. The summed E-state index contributed by atoms with van der Waals surface area (Å²) in [5.74, 6) is -4.35. The van der Waals surface area contributed by atoms with E-state index >= 15 is 0 Å². The Morgan fingerprint density at radius 1 is 1.03 bits per heavy atom. The lowest BCUT2D eigenvalue weighted by Crippen LogP contribution is -2.30. The maximum absolute atomic E-state index is 14.5. The standard InChI is InChI=1S/C22H13ClF2N2O3/c23-13-5-3-4-12(10-13)20(28)18-19(16-6-1-2-9-26-16)27(22(30)21(18)29)17-11-14(24)7-8-15(17)25/h1-11,19,28H/b20-18+. The average Bonchev–Trinajstić information content (AvgIpc) is 3.00. The summed E-state index contributed by atoms with van der Waals surface area (Å²) in [4.78, 5) is 30.7. The Hall–Kier alpha value is -3.58. The molecule has 4 rings (SSSR count). The second kappa shape index (κ2) is 7.68. The number of ketones is 1. The van der Waals surface area contributed by atoms with E-state index in [1.807, 2.05) is 0 Å². The minimum absolute atomic E-state index is 0.196. The number of aliphatic hydroxyl groups is 1. The van der Waals surface area contributed by atoms with Crippen LogP contribution >= 0.6 is 11.6 Å². The lowest BCUT2D eigenvalue weighted by atomic mass is 9.98. The molecule has 5 nitrogen and oxygen atoms in total. The highest BCUT2D eigenvalue weighted by atomic mass is 35.5. The predicted molar refractivity (Wildman–Crippen MR) is 107 cm³/mol. The van der Waals surface area contributed by atoms with Crippen molar-refractivity contribution in [3.63, 3.8) is 0 Å². The van der Waals surface area contributed by atoms with E-state index in [1.54, 1.807) is 24.3 Å². The highest BCUT2D eigenvalue weighted by Gasteiger charge is 2.48. The summed E-state index contributed by atoms with van der Waals surface area (Å²) in [6.45, 7) is 0. The van der Waals surface area contributed by atoms with Gasteiger partial charge < -0.3 is 5.11 Å². The first-order valence-electron chi connectivity index (χ1n) is 8.81. The summed E-state index contributed by atoms with van der Waals surface area (Å²) in [5.41, 5.74) is -0.340. The topological polar surface area (TPSA) is 70.5 Å². The van der Waals surface area contributed by atoms with Gasteiger partial charge >= 0.3 is 0 Å². The average molecular weight is 427 g/mol. The van der Waals surface area contributed by atoms with E-state index in [-0.39, 0.29) is 16.8 Å². The molecule has 0 aliphatic carbocycles. The molecule has 1 aromatic heterocycles. The van der Waals surface area contributed by atoms with Gasteiger partial charge in [0.2, 0.25) is 0 Å². The highest BCUT2D eigenvalue weighted by Crippen LogP contribution is 2.42. The van der Waals surface area contributed by atoms with Crippen LogP contribution in [0.4, 0.5) is 14.5 Å². The van der Waals surface area contributed by atoms with E-state index in [0.29, 0.717) is 5.02 Å². The maximum atomic E-state index is 14.5. The lowest BCUT2D eigenvalue weighted by molar-refractivity contribution is -0.132. The van der Waals surface area contributed by atoms with Crippen LogP contribution in [0.25, 0.3) is 5.76 Å². The summed E-state index contributed by atoms with van der Waals surface area (Å²) in [6.07, 6.45) is 1.43. The largest absolute Gasteiger partial charge is 0.507 e. The van der Waals surface area contributed by atoms with Gasteiger partial charge in [0.25, 0.3) is 11.7 Å². The van der Waals surface area contributed by atoms with Gasteiger partial charge in [-0.3, -0.25) is 19.5 Å². The van der Waals surface area contributed by atoms with Crippen molar-refractivity contribution in [2.75, 3.05) is 4.90 Å². The fourth-order valence-corrected chi connectivity index (χ4v) is 3.55. The summed E-state index contributed by atoms with van der Waals surface area (Å²) < 4.78 is 28.4. The number of hydrogen-bond acceptors (Lipinski definition) is 4. The molecular formula is C22H13ClF2N2O3. The van der Waals surface area contributed by atoms with Gasteiger partial charge in [-0.2, -0.15) is 0 Å². The molecule has 1 fully saturated rings. The monoisotopic (exact) mass is 426 g/mol. The third kappa shape index (κ3) is 3.33. The minimum atomic E-state index is -1.26. The summed E-state index contributed by atoms with van der Waals surface area (Å²) in [6, 6.07) is 12.1. The van der Waals surface area contributed by atoms with Crippen LogP contribution in [0.15, 0.2) is 72.4 Å². The molecule has 8 heteroatoms. The van der Waals surface area contributed by atoms with E-state index in [2.05, 4.69) is 4.98 Å². The van der Waals surface area contributed by atoms with Gasteiger partial charge in [-0.25, -0.2) is 8.78 Å². The van der Waals surface area contributed by atoms with Crippen LogP contribution in [0.2, 0.25) is 5.02 Å². The van der Waals surface area contributed by atoms with Gasteiger partial charge in [0.15, 0.2) is 0 Å². The molecule has 3 aromatic rings. The van der Waals surface area contributed by atoms with Crippen molar-refractivity contribution in [2.24, 2.45) is 0 Å². The molecule has 0 saturated carbocycles. The molecule has 2 heterocycles. The Bertz CT molecular complexity index is 1200. The lowest BCUT2D eigenvalue weighted by Gasteiger charge is -2.25. The molecular weight excluding hydrogens is 414 g/mol. The van der Waals surface area contributed by atoms with Crippen LogP contribution in [-0.4, -0.2) is 21.8 Å². The molecule has 1 unspecified atom stereocenters. The number of hydrogen-bond donors (Lipinski definition) is 1. The highest BCUT2D eigenvalue weighted by molar-refractivity contribution is 6.51. The molecule has 150 valence electrons. The molecule has 1 atom stereocenters. The molecule has 1 aliphatic heterocycles. The van der Waals surface area contributed by atoms with E-state index in [4.69, 9.17) is 11.6 Å². The van der Waals surface area contributed by atoms with Crippen LogP contribution in [0, 0.1) is 11.6 Å². The number of pyridine rings is 1.